The SMILES string of the molecule is CC(OC[C@H]1CO1)c1c(Cl)cccc1Br. The van der Waals surface area contributed by atoms with Crippen LogP contribution in [0.4, 0.5) is 0 Å². The van der Waals surface area contributed by atoms with Crippen molar-refractivity contribution in [1.82, 2.24) is 0 Å². The summed E-state index contributed by atoms with van der Waals surface area (Å²) >= 11 is 9.59. The normalized spacial score (nSPS) is 21.4. The van der Waals surface area contributed by atoms with Crippen LogP contribution in [0.25, 0.3) is 0 Å². The largest absolute Gasteiger partial charge is 0.371 e. The first-order chi connectivity index (χ1) is 7.18. The van der Waals surface area contributed by atoms with Crippen LogP contribution in [-0.2, 0) is 9.47 Å². The highest BCUT2D eigenvalue weighted by Gasteiger charge is 2.24. The first kappa shape index (κ1) is 11.4. The van der Waals surface area contributed by atoms with E-state index in [1.807, 2.05) is 25.1 Å². The minimum absolute atomic E-state index is 0.0164. The minimum atomic E-state index is -0.0164. The number of hydrogen-bond donors (Lipinski definition) is 0. The van der Waals surface area contributed by atoms with Gasteiger partial charge in [-0.15, -0.1) is 0 Å². The average Bonchev–Trinajstić information content (AvgIpc) is 2.97. The van der Waals surface area contributed by atoms with Gasteiger partial charge in [0.05, 0.1) is 19.3 Å². The second-order valence-corrected chi connectivity index (χ2v) is 4.83. The predicted octanol–water partition coefficient (Wildman–Crippen LogP) is 3.58. The molecule has 15 heavy (non-hydrogen) atoms. The molecule has 1 saturated heterocycles. The molecule has 2 atom stereocenters. The number of ether oxygens (including phenoxy) is 2. The van der Waals surface area contributed by atoms with E-state index >= 15 is 0 Å². The monoisotopic (exact) mass is 290 g/mol. The van der Waals surface area contributed by atoms with Crippen LogP contribution >= 0.6 is 27.5 Å². The van der Waals surface area contributed by atoms with Gasteiger partial charge in [0.2, 0.25) is 0 Å². The standard InChI is InChI=1S/C11H12BrClO2/c1-7(14-5-8-6-15-8)11-9(12)3-2-4-10(11)13/h2-4,7-8H,5-6H2,1H3/t7?,8-/m0/s1. The molecule has 0 amide bonds. The molecule has 82 valence electrons. The van der Waals surface area contributed by atoms with Crippen molar-refractivity contribution in [3.8, 4) is 0 Å². The zero-order valence-corrected chi connectivity index (χ0v) is 10.7. The molecule has 0 radical (unpaired) electrons. The molecule has 2 nitrogen and oxygen atoms in total. The Morgan fingerprint density at radius 1 is 1.67 bits per heavy atom. The number of epoxide rings is 1. The summed E-state index contributed by atoms with van der Waals surface area (Å²) in [5.41, 5.74) is 1.000. The van der Waals surface area contributed by atoms with Crippen LogP contribution in [0.2, 0.25) is 5.02 Å². The van der Waals surface area contributed by atoms with E-state index < -0.39 is 0 Å². The van der Waals surface area contributed by atoms with Crippen LogP contribution in [0.15, 0.2) is 22.7 Å². The van der Waals surface area contributed by atoms with Crippen molar-refractivity contribution in [2.24, 2.45) is 0 Å². The summed E-state index contributed by atoms with van der Waals surface area (Å²) < 4.78 is 11.7. The van der Waals surface area contributed by atoms with Crippen molar-refractivity contribution in [2.45, 2.75) is 19.1 Å². The fourth-order valence-electron chi connectivity index (χ4n) is 1.40. The third kappa shape index (κ3) is 2.94. The van der Waals surface area contributed by atoms with Crippen molar-refractivity contribution in [3.05, 3.63) is 33.3 Å². The van der Waals surface area contributed by atoms with E-state index in [1.54, 1.807) is 0 Å². The van der Waals surface area contributed by atoms with Gasteiger partial charge >= 0.3 is 0 Å². The van der Waals surface area contributed by atoms with Crippen LogP contribution in [0.1, 0.15) is 18.6 Å². The zero-order valence-electron chi connectivity index (χ0n) is 8.37. The van der Waals surface area contributed by atoms with Crippen LogP contribution in [0.5, 0.6) is 0 Å². The summed E-state index contributed by atoms with van der Waals surface area (Å²) in [7, 11) is 0. The molecule has 0 aliphatic carbocycles. The summed E-state index contributed by atoms with van der Waals surface area (Å²) in [6.07, 6.45) is 0.269. The molecule has 1 aliphatic heterocycles. The maximum atomic E-state index is 6.11. The molecule has 1 aromatic carbocycles. The third-order valence-electron chi connectivity index (χ3n) is 2.34. The highest BCUT2D eigenvalue weighted by molar-refractivity contribution is 9.10. The molecule has 1 aromatic rings. The average molecular weight is 292 g/mol. The number of halogens is 2. The third-order valence-corrected chi connectivity index (χ3v) is 3.36. The second-order valence-electron chi connectivity index (χ2n) is 3.57. The smallest absolute Gasteiger partial charge is 0.104 e. The molecule has 0 N–H and O–H groups in total. The molecular weight excluding hydrogens is 279 g/mol. The summed E-state index contributed by atoms with van der Waals surface area (Å²) in [6, 6.07) is 5.75. The molecule has 1 fully saturated rings. The van der Waals surface area contributed by atoms with Gasteiger partial charge in [-0.25, -0.2) is 0 Å². The zero-order chi connectivity index (χ0) is 10.8. The molecule has 1 unspecified atom stereocenters. The van der Waals surface area contributed by atoms with Crippen molar-refractivity contribution < 1.29 is 9.47 Å². The Hall–Kier alpha value is -0.0900. The summed E-state index contributed by atoms with van der Waals surface area (Å²) in [4.78, 5) is 0. The van der Waals surface area contributed by atoms with Gasteiger partial charge in [0.15, 0.2) is 0 Å². The van der Waals surface area contributed by atoms with Gasteiger partial charge < -0.3 is 9.47 Å². The van der Waals surface area contributed by atoms with Gasteiger partial charge in [0.1, 0.15) is 6.10 Å². The van der Waals surface area contributed by atoms with Gasteiger partial charge in [-0.3, -0.25) is 0 Å². The molecule has 2 rings (SSSR count). The molecule has 1 heterocycles. The second kappa shape index (κ2) is 4.83. The fourth-order valence-corrected chi connectivity index (χ4v) is 2.53. The van der Waals surface area contributed by atoms with Gasteiger partial charge in [-0.05, 0) is 19.1 Å². The molecule has 1 aliphatic rings. The first-order valence-electron chi connectivity index (χ1n) is 4.85. The van der Waals surface area contributed by atoms with E-state index in [0.29, 0.717) is 6.61 Å². The van der Waals surface area contributed by atoms with Gasteiger partial charge in [0.25, 0.3) is 0 Å². The van der Waals surface area contributed by atoms with Crippen LogP contribution in [0.3, 0.4) is 0 Å². The lowest BCUT2D eigenvalue weighted by molar-refractivity contribution is 0.0536. The topological polar surface area (TPSA) is 21.8 Å². The maximum absolute atomic E-state index is 6.11. The first-order valence-corrected chi connectivity index (χ1v) is 6.02. The Morgan fingerprint density at radius 3 is 3.00 bits per heavy atom. The van der Waals surface area contributed by atoms with E-state index in [4.69, 9.17) is 21.1 Å². The van der Waals surface area contributed by atoms with Gasteiger partial charge in [-0.2, -0.15) is 0 Å². The van der Waals surface area contributed by atoms with E-state index in [2.05, 4.69) is 15.9 Å². The quantitative estimate of drug-likeness (QED) is 0.791. The number of rotatable bonds is 4. The van der Waals surface area contributed by atoms with Gasteiger partial charge in [-0.1, -0.05) is 33.6 Å². The minimum Gasteiger partial charge on any atom is -0.371 e. The summed E-state index contributed by atoms with van der Waals surface area (Å²) in [6.45, 7) is 3.45. The predicted molar refractivity (Wildman–Crippen MR) is 63.3 cm³/mol. The molecule has 0 aromatic heterocycles. The van der Waals surface area contributed by atoms with E-state index in [1.165, 1.54) is 0 Å². The lowest BCUT2D eigenvalue weighted by atomic mass is 10.1. The molecular formula is C11H12BrClO2. The lowest BCUT2D eigenvalue weighted by Gasteiger charge is -2.15. The van der Waals surface area contributed by atoms with E-state index in [-0.39, 0.29) is 12.2 Å². The van der Waals surface area contributed by atoms with Crippen molar-refractivity contribution in [3.63, 3.8) is 0 Å². The Morgan fingerprint density at radius 2 is 2.40 bits per heavy atom. The Labute approximate surface area is 103 Å². The summed E-state index contributed by atoms with van der Waals surface area (Å²) in [5.74, 6) is 0. The maximum Gasteiger partial charge on any atom is 0.104 e. The highest BCUT2D eigenvalue weighted by atomic mass is 79.9. The molecule has 0 spiro atoms. The van der Waals surface area contributed by atoms with Crippen molar-refractivity contribution in [1.29, 1.82) is 0 Å². The number of hydrogen-bond acceptors (Lipinski definition) is 2. The van der Waals surface area contributed by atoms with Crippen LogP contribution in [-0.4, -0.2) is 19.3 Å². The Balaban J connectivity index is 2.05. The molecule has 4 heteroatoms. The van der Waals surface area contributed by atoms with E-state index in [0.717, 1.165) is 21.7 Å². The Bertz CT molecular complexity index is 332. The number of benzene rings is 1. The Kier molecular flexibility index (Phi) is 3.67. The highest BCUT2D eigenvalue weighted by Crippen LogP contribution is 2.32. The molecule has 0 saturated carbocycles. The molecule has 0 bridgehead atoms. The van der Waals surface area contributed by atoms with Crippen LogP contribution < -0.4 is 0 Å². The van der Waals surface area contributed by atoms with Crippen LogP contribution in [0, 0.1) is 0 Å². The van der Waals surface area contributed by atoms with Crippen molar-refractivity contribution in [2.75, 3.05) is 13.2 Å². The lowest BCUT2D eigenvalue weighted by Crippen LogP contribution is -2.07. The van der Waals surface area contributed by atoms with E-state index in [9.17, 15) is 0 Å². The van der Waals surface area contributed by atoms with Crippen molar-refractivity contribution >= 4 is 27.5 Å². The fraction of sp³-hybridized carbons (Fsp3) is 0.455. The van der Waals surface area contributed by atoms with Gasteiger partial charge in [0, 0.05) is 15.1 Å². The summed E-state index contributed by atoms with van der Waals surface area (Å²) in [5, 5.41) is 0.730.